The molecule has 0 amide bonds. The molecule has 0 aromatic heterocycles. The zero-order valence-electron chi connectivity index (χ0n) is 10.9. The van der Waals surface area contributed by atoms with Crippen LogP contribution < -0.4 is 5.73 Å². The standard InChI is InChI=1S/C12H18N2O5/c1-3-8(11(16)17)14-9-5-12(18,6-15)4-7(13)10(9)19-2/h3,15,18H,4-6,13H2,1-2H3,(H,16,17)/b8-3-,14-9+/t12-/m0/s1. The number of hydrogen-bond acceptors (Lipinski definition) is 6. The predicted molar refractivity (Wildman–Crippen MR) is 68.3 cm³/mol. The number of carboxylic acids is 1. The minimum atomic E-state index is -1.44. The molecule has 0 unspecified atom stereocenters. The molecule has 0 bridgehead atoms. The Balaban J connectivity index is 3.26. The number of carbonyl (C=O) groups is 1. The summed E-state index contributed by atoms with van der Waals surface area (Å²) >= 11 is 0. The molecule has 0 saturated heterocycles. The number of rotatable bonds is 4. The highest BCUT2D eigenvalue weighted by molar-refractivity contribution is 6.03. The number of allylic oxidation sites excluding steroid dienone is 2. The molecule has 7 nitrogen and oxygen atoms in total. The highest BCUT2D eigenvalue weighted by Gasteiger charge is 2.37. The summed E-state index contributed by atoms with van der Waals surface area (Å²) in [5, 5.41) is 28.2. The lowest BCUT2D eigenvalue weighted by atomic mass is 9.86. The number of methoxy groups -OCH3 is 1. The van der Waals surface area contributed by atoms with Gasteiger partial charge in [0, 0.05) is 12.8 Å². The second kappa shape index (κ2) is 5.85. The quantitative estimate of drug-likeness (QED) is 0.522. The van der Waals surface area contributed by atoms with Gasteiger partial charge in [0.1, 0.15) is 5.70 Å². The summed E-state index contributed by atoms with van der Waals surface area (Å²) in [7, 11) is 1.39. The number of aliphatic hydroxyl groups excluding tert-OH is 1. The van der Waals surface area contributed by atoms with Crippen LogP contribution in [0, 0.1) is 0 Å². The van der Waals surface area contributed by atoms with Crippen LogP contribution in [0.4, 0.5) is 0 Å². The van der Waals surface area contributed by atoms with Crippen LogP contribution in [-0.2, 0) is 9.53 Å². The zero-order chi connectivity index (χ0) is 14.6. The lowest BCUT2D eigenvalue weighted by Crippen LogP contribution is -2.42. The molecule has 7 heteroatoms. The Morgan fingerprint density at radius 2 is 2.21 bits per heavy atom. The molecule has 0 saturated carbocycles. The van der Waals surface area contributed by atoms with Crippen LogP contribution in [0.25, 0.3) is 0 Å². The summed E-state index contributed by atoms with van der Waals surface area (Å²) in [4.78, 5) is 14.9. The third-order valence-corrected chi connectivity index (χ3v) is 2.82. The molecule has 1 aliphatic carbocycles. The van der Waals surface area contributed by atoms with E-state index in [1.54, 1.807) is 0 Å². The molecule has 1 atom stereocenters. The Hall–Kier alpha value is -1.86. The van der Waals surface area contributed by atoms with E-state index in [0.717, 1.165) is 0 Å². The maximum atomic E-state index is 10.9. The first-order valence-corrected chi connectivity index (χ1v) is 5.70. The Bertz CT molecular complexity index is 467. The Labute approximate surface area is 110 Å². The van der Waals surface area contributed by atoms with Crippen molar-refractivity contribution in [1.29, 1.82) is 0 Å². The Morgan fingerprint density at radius 1 is 1.58 bits per heavy atom. The third kappa shape index (κ3) is 3.33. The Kier molecular flexibility index (Phi) is 4.68. The highest BCUT2D eigenvalue weighted by Crippen LogP contribution is 2.29. The molecule has 0 aromatic rings. The molecule has 1 aliphatic rings. The van der Waals surface area contributed by atoms with Gasteiger partial charge in [-0.25, -0.2) is 9.79 Å². The van der Waals surface area contributed by atoms with Crippen molar-refractivity contribution in [2.45, 2.75) is 25.4 Å². The second-order valence-electron chi connectivity index (χ2n) is 4.33. The monoisotopic (exact) mass is 270 g/mol. The van der Waals surface area contributed by atoms with Crippen molar-refractivity contribution in [1.82, 2.24) is 0 Å². The number of aliphatic imine (C=N–C) groups is 1. The minimum Gasteiger partial charge on any atom is -0.493 e. The predicted octanol–water partition coefficient (Wildman–Crippen LogP) is -0.250. The van der Waals surface area contributed by atoms with Gasteiger partial charge in [-0.3, -0.25) is 0 Å². The van der Waals surface area contributed by atoms with Gasteiger partial charge in [-0.2, -0.15) is 0 Å². The molecular weight excluding hydrogens is 252 g/mol. The van der Waals surface area contributed by atoms with E-state index in [2.05, 4.69) is 4.99 Å². The number of aliphatic hydroxyl groups is 2. The first-order valence-electron chi connectivity index (χ1n) is 5.70. The largest absolute Gasteiger partial charge is 0.493 e. The third-order valence-electron chi connectivity index (χ3n) is 2.82. The average molecular weight is 270 g/mol. The van der Waals surface area contributed by atoms with E-state index in [-0.39, 0.29) is 35.7 Å². The molecular formula is C12H18N2O5. The lowest BCUT2D eigenvalue weighted by molar-refractivity contribution is -0.132. The van der Waals surface area contributed by atoms with Crippen molar-refractivity contribution in [2.24, 2.45) is 10.7 Å². The zero-order valence-corrected chi connectivity index (χ0v) is 10.9. The van der Waals surface area contributed by atoms with Gasteiger partial charge < -0.3 is 25.8 Å². The summed E-state index contributed by atoms with van der Waals surface area (Å²) in [6.07, 6.45) is 1.34. The van der Waals surface area contributed by atoms with Crippen LogP contribution in [0.3, 0.4) is 0 Å². The second-order valence-corrected chi connectivity index (χ2v) is 4.33. The van der Waals surface area contributed by atoms with Gasteiger partial charge in [0.05, 0.1) is 30.7 Å². The summed E-state index contributed by atoms with van der Waals surface area (Å²) in [5.74, 6) is -0.944. The number of nitrogens with two attached hydrogens (primary N) is 1. The van der Waals surface area contributed by atoms with Crippen LogP contribution in [0.1, 0.15) is 19.8 Å². The number of hydrogen-bond donors (Lipinski definition) is 4. The van der Waals surface area contributed by atoms with Gasteiger partial charge in [0.25, 0.3) is 0 Å². The van der Waals surface area contributed by atoms with Gasteiger partial charge in [-0.15, -0.1) is 0 Å². The fraction of sp³-hybridized carbons (Fsp3) is 0.500. The number of ether oxygens (including phenoxy) is 1. The van der Waals surface area contributed by atoms with Gasteiger partial charge in [-0.05, 0) is 6.92 Å². The van der Waals surface area contributed by atoms with E-state index in [4.69, 9.17) is 15.6 Å². The number of carboxylic acid groups (broad SMARTS) is 1. The van der Waals surface area contributed by atoms with Crippen molar-refractivity contribution in [3.63, 3.8) is 0 Å². The summed E-state index contributed by atoms with van der Waals surface area (Å²) in [5.41, 5.74) is 4.57. The fourth-order valence-corrected chi connectivity index (χ4v) is 1.91. The molecule has 0 heterocycles. The molecule has 0 aromatic carbocycles. The average Bonchev–Trinajstić information content (AvgIpc) is 2.35. The minimum absolute atomic E-state index is 0.0298. The van der Waals surface area contributed by atoms with E-state index in [0.29, 0.717) is 0 Å². The van der Waals surface area contributed by atoms with Gasteiger partial charge in [-0.1, -0.05) is 6.08 Å². The smallest absolute Gasteiger partial charge is 0.354 e. The van der Waals surface area contributed by atoms with E-state index < -0.39 is 18.2 Å². The van der Waals surface area contributed by atoms with Crippen molar-refractivity contribution >= 4 is 11.7 Å². The van der Waals surface area contributed by atoms with Gasteiger partial charge in [0.15, 0.2) is 5.76 Å². The van der Waals surface area contributed by atoms with Gasteiger partial charge in [0.2, 0.25) is 0 Å². The first-order chi connectivity index (χ1) is 8.86. The normalized spacial score (nSPS) is 26.7. The highest BCUT2D eigenvalue weighted by atomic mass is 16.5. The molecule has 0 fully saturated rings. The van der Waals surface area contributed by atoms with E-state index in [1.165, 1.54) is 20.1 Å². The molecule has 1 rings (SSSR count). The first kappa shape index (κ1) is 15.2. The van der Waals surface area contributed by atoms with Crippen LogP contribution in [0.2, 0.25) is 0 Å². The number of aliphatic carboxylic acids is 1. The molecule has 5 N–H and O–H groups in total. The maximum Gasteiger partial charge on any atom is 0.354 e. The maximum absolute atomic E-state index is 10.9. The van der Waals surface area contributed by atoms with Crippen LogP contribution in [-0.4, -0.2) is 46.3 Å². The molecule has 0 spiro atoms. The molecule has 0 radical (unpaired) electrons. The summed E-state index contributed by atoms with van der Waals surface area (Å²) in [6, 6.07) is 0. The molecule has 106 valence electrons. The van der Waals surface area contributed by atoms with Crippen LogP contribution in [0.15, 0.2) is 28.2 Å². The summed E-state index contributed by atoms with van der Waals surface area (Å²) in [6.45, 7) is 1.04. The summed E-state index contributed by atoms with van der Waals surface area (Å²) < 4.78 is 5.09. The van der Waals surface area contributed by atoms with E-state index in [9.17, 15) is 15.0 Å². The SMILES string of the molecule is C/C=C(\N=C1/C[C@](O)(CO)CC(N)=C1OC)C(=O)O. The molecule has 19 heavy (non-hydrogen) atoms. The Morgan fingerprint density at radius 3 is 2.63 bits per heavy atom. The van der Waals surface area contributed by atoms with Crippen LogP contribution >= 0.6 is 0 Å². The van der Waals surface area contributed by atoms with Gasteiger partial charge >= 0.3 is 5.97 Å². The van der Waals surface area contributed by atoms with E-state index >= 15 is 0 Å². The molecule has 0 aliphatic heterocycles. The van der Waals surface area contributed by atoms with Crippen molar-refractivity contribution in [3.8, 4) is 0 Å². The topological polar surface area (TPSA) is 125 Å². The lowest BCUT2D eigenvalue weighted by Gasteiger charge is -2.32. The number of nitrogens with zero attached hydrogens (tertiary/aromatic N) is 1. The van der Waals surface area contributed by atoms with E-state index in [1.807, 2.05) is 0 Å². The van der Waals surface area contributed by atoms with Crippen molar-refractivity contribution in [3.05, 3.63) is 23.2 Å². The fourth-order valence-electron chi connectivity index (χ4n) is 1.91. The van der Waals surface area contributed by atoms with Crippen molar-refractivity contribution < 1.29 is 24.9 Å². The van der Waals surface area contributed by atoms with Crippen LogP contribution in [0.5, 0.6) is 0 Å². The van der Waals surface area contributed by atoms with Crippen molar-refractivity contribution in [2.75, 3.05) is 13.7 Å².